The third kappa shape index (κ3) is 3.61. The van der Waals surface area contributed by atoms with Crippen molar-refractivity contribution in [2.24, 2.45) is 0 Å². The maximum absolute atomic E-state index is 5.16. The van der Waals surface area contributed by atoms with Gasteiger partial charge >= 0.3 is 0 Å². The predicted octanol–water partition coefficient (Wildman–Crippen LogP) is 3.26. The van der Waals surface area contributed by atoms with Crippen LogP contribution in [0.15, 0.2) is 54.6 Å². The molecule has 0 amide bonds. The summed E-state index contributed by atoms with van der Waals surface area (Å²) in [6, 6.07) is 18.9. The molecule has 2 rings (SSSR count). The fourth-order valence-electron chi connectivity index (χ4n) is 2.02. The molecule has 100 valence electrons. The van der Waals surface area contributed by atoms with Crippen LogP contribution in [0.4, 0.5) is 5.69 Å². The number of benzene rings is 2. The summed E-state index contributed by atoms with van der Waals surface area (Å²) in [6.07, 6.45) is 1.03. The minimum Gasteiger partial charge on any atom is -0.497 e. The molecule has 3 heteroatoms. The number of ether oxygens (including phenoxy) is 1. The Morgan fingerprint density at radius 2 is 1.58 bits per heavy atom. The highest BCUT2D eigenvalue weighted by atomic mass is 28.3. The first-order valence-corrected chi connectivity index (χ1v) is 9.76. The Balaban J connectivity index is 2.01. The van der Waals surface area contributed by atoms with Crippen LogP contribution in [-0.2, 0) is 0 Å². The van der Waals surface area contributed by atoms with Crippen molar-refractivity contribution >= 4 is 18.9 Å². The molecular weight excluding hydrogens is 250 g/mol. The molecule has 0 aliphatic carbocycles. The van der Waals surface area contributed by atoms with Crippen molar-refractivity contribution in [2.75, 3.05) is 18.6 Å². The van der Waals surface area contributed by atoms with Crippen LogP contribution in [0.3, 0.4) is 0 Å². The molecule has 0 atom stereocenters. The molecular formula is C16H21NOSi. The molecule has 0 spiro atoms. The molecule has 0 aliphatic rings. The van der Waals surface area contributed by atoms with Gasteiger partial charge in [-0.2, -0.15) is 0 Å². The normalized spacial score (nSPS) is 11.1. The van der Waals surface area contributed by atoms with Crippen molar-refractivity contribution in [1.29, 1.82) is 0 Å². The summed E-state index contributed by atoms with van der Waals surface area (Å²) in [7, 11) is 0.262. The second-order valence-corrected chi connectivity index (χ2v) is 10.0. The van der Waals surface area contributed by atoms with Crippen molar-refractivity contribution in [2.45, 2.75) is 13.1 Å². The minimum absolute atomic E-state index is 0.894. The lowest BCUT2D eigenvalue weighted by atomic mass is 10.3. The van der Waals surface area contributed by atoms with Gasteiger partial charge < -0.3 is 10.1 Å². The van der Waals surface area contributed by atoms with Crippen LogP contribution >= 0.6 is 0 Å². The minimum atomic E-state index is -1.43. The van der Waals surface area contributed by atoms with E-state index in [0.29, 0.717) is 0 Å². The fourth-order valence-corrected chi connectivity index (χ4v) is 3.97. The van der Waals surface area contributed by atoms with E-state index in [1.54, 1.807) is 7.11 Å². The molecule has 0 heterocycles. The lowest BCUT2D eigenvalue weighted by molar-refractivity contribution is 0.415. The van der Waals surface area contributed by atoms with Crippen molar-refractivity contribution in [1.82, 2.24) is 0 Å². The molecule has 0 bridgehead atoms. The van der Waals surface area contributed by atoms with Crippen molar-refractivity contribution in [3.8, 4) is 5.75 Å². The van der Waals surface area contributed by atoms with Crippen molar-refractivity contribution < 1.29 is 4.74 Å². The van der Waals surface area contributed by atoms with E-state index in [4.69, 9.17) is 4.74 Å². The first kappa shape index (κ1) is 13.7. The van der Waals surface area contributed by atoms with E-state index in [-0.39, 0.29) is 0 Å². The molecule has 2 aromatic carbocycles. The van der Waals surface area contributed by atoms with Crippen LogP contribution in [0.2, 0.25) is 13.1 Å². The molecule has 0 aliphatic heterocycles. The zero-order chi connectivity index (χ0) is 13.7. The first-order valence-electron chi connectivity index (χ1n) is 6.55. The average molecular weight is 271 g/mol. The Bertz CT molecular complexity index is 508. The fraction of sp³-hybridized carbons (Fsp3) is 0.250. The quantitative estimate of drug-likeness (QED) is 0.843. The van der Waals surface area contributed by atoms with Crippen molar-refractivity contribution in [3.63, 3.8) is 0 Å². The molecule has 0 fully saturated rings. The highest BCUT2D eigenvalue weighted by molar-refractivity contribution is 6.90. The van der Waals surface area contributed by atoms with E-state index in [1.165, 1.54) is 5.19 Å². The van der Waals surface area contributed by atoms with Gasteiger partial charge in [0.25, 0.3) is 0 Å². The highest BCUT2D eigenvalue weighted by Gasteiger charge is 2.22. The van der Waals surface area contributed by atoms with Crippen LogP contribution < -0.4 is 15.2 Å². The van der Waals surface area contributed by atoms with Crippen LogP contribution in [0.25, 0.3) is 0 Å². The number of anilines is 1. The molecule has 0 saturated heterocycles. The van der Waals surface area contributed by atoms with E-state index < -0.39 is 8.07 Å². The summed E-state index contributed by atoms with van der Waals surface area (Å²) in [5.74, 6) is 0.894. The Kier molecular flexibility index (Phi) is 4.27. The lowest BCUT2D eigenvalue weighted by Gasteiger charge is -2.24. The van der Waals surface area contributed by atoms with Gasteiger partial charge in [0.1, 0.15) is 13.8 Å². The SMILES string of the molecule is COc1ccc(NC[Si](C)(C)c2ccccc2)cc1. The summed E-state index contributed by atoms with van der Waals surface area (Å²) in [5, 5.41) is 5.02. The van der Waals surface area contributed by atoms with E-state index in [1.807, 2.05) is 12.1 Å². The second kappa shape index (κ2) is 5.93. The number of hydrogen-bond acceptors (Lipinski definition) is 2. The monoisotopic (exact) mass is 271 g/mol. The van der Waals surface area contributed by atoms with E-state index >= 15 is 0 Å². The van der Waals surface area contributed by atoms with Gasteiger partial charge in [0.2, 0.25) is 0 Å². The van der Waals surface area contributed by atoms with Crippen molar-refractivity contribution in [3.05, 3.63) is 54.6 Å². The second-order valence-electron chi connectivity index (χ2n) is 5.33. The third-order valence-electron chi connectivity index (χ3n) is 3.38. The van der Waals surface area contributed by atoms with Crippen LogP contribution in [0.5, 0.6) is 5.75 Å². The Morgan fingerprint density at radius 1 is 0.947 bits per heavy atom. The highest BCUT2D eigenvalue weighted by Crippen LogP contribution is 2.15. The molecule has 1 N–H and O–H groups in total. The van der Waals surface area contributed by atoms with E-state index in [9.17, 15) is 0 Å². The number of hydrogen-bond donors (Lipinski definition) is 1. The van der Waals surface area contributed by atoms with Gasteiger partial charge in [0, 0.05) is 11.9 Å². The smallest absolute Gasteiger partial charge is 0.119 e. The van der Waals surface area contributed by atoms with Gasteiger partial charge in [-0.1, -0.05) is 48.6 Å². The number of nitrogens with one attached hydrogen (secondary N) is 1. The molecule has 0 radical (unpaired) electrons. The Hall–Kier alpha value is -1.74. The van der Waals surface area contributed by atoms with Gasteiger partial charge in [-0.15, -0.1) is 0 Å². The summed E-state index contributed by atoms with van der Waals surface area (Å²) in [4.78, 5) is 0. The maximum Gasteiger partial charge on any atom is 0.119 e. The van der Waals surface area contributed by atoms with Gasteiger partial charge in [0.15, 0.2) is 0 Å². The van der Waals surface area contributed by atoms with E-state index in [0.717, 1.165) is 17.6 Å². The molecule has 2 nitrogen and oxygen atoms in total. The molecule has 2 aromatic rings. The molecule has 0 saturated carbocycles. The summed E-state index contributed by atoms with van der Waals surface area (Å²) < 4.78 is 5.16. The summed E-state index contributed by atoms with van der Waals surface area (Å²) >= 11 is 0. The summed E-state index contributed by atoms with van der Waals surface area (Å²) in [5.41, 5.74) is 1.15. The predicted molar refractivity (Wildman–Crippen MR) is 85.0 cm³/mol. The summed E-state index contributed by atoms with van der Waals surface area (Å²) in [6.45, 7) is 4.78. The Morgan fingerprint density at radius 3 is 2.16 bits per heavy atom. The number of methoxy groups -OCH3 is 1. The molecule has 0 unspecified atom stereocenters. The number of rotatable bonds is 5. The van der Waals surface area contributed by atoms with Gasteiger partial charge in [-0.05, 0) is 24.3 Å². The zero-order valence-electron chi connectivity index (χ0n) is 11.8. The lowest BCUT2D eigenvalue weighted by Crippen LogP contribution is -2.48. The van der Waals surface area contributed by atoms with E-state index in [2.05, 4.69) is 60.9 Å². The van der Waals surface area contributed by atoms with Crippen LogP contribution in [0.1, 0.15) is 0 Å². The van der Waals surface area contributed by atoms with Gasteiger partial charge in [0.05, 0.1) is 7.11 Å². The average Bonchev–Trinajstić information content (AvgIpc) is 2.47. The molecule has 19 heavy (non-hydrogen) atoms. The maximum atomic E-state index is 5.16. The standard InChI is InChI=1S/C16H21NOSi/c1-18-15-11-9-14(10-12-15)17-13-19(2,3)16-7-5-4-6-8-16/h4-12,17H,13H2,1-3H3. The van der Waals surface area contributed by atoms with Crippen LogP contribution in [-0.4, -0.2) is 21.4 Å². The van der Waals surface area contributed by atoms with Gasteiger partial charge in [-0.25, -0.2) is 0 Å². The molecule has 0 aromatic heterocycles. The zero-order valence-corrected chi connectivity index (χ0v) is 12.8. The third-order valence-corrected chi connectivity index (χ3v) is 6.34. The largest absolute Gasteiger partial charge is 0.497 e. The topological polar surface area (TPSA) is 21.3 Å². The first-order chi connectivity index (χ1) is 9.12. The Labute approximate surface area is 116 Å². The van der Waals surface area contributed by atoms with Gasteiger partial charge in [-0.3, -0.25) is 0 Å². The van der Waals surface area contributed by atoms with Crippen LogP contribution in [0, 0.1) is 0 Å².